The van der Waals surface area contributed by atoms with Crippen LogP contribution in [0.25, 0.3) is 11.1 Å². The van der Waals surface area contributed by atoms with E-state index in [0.717, 1.165) is 36.2 Å². The lowest BCUT2D eigenvalue weighted by Crippen LogP contribution is -2.42. The molecule has 0 amide bonds. The Balaban J connectivity index is 1.72. The summed E-state index contributed by atoms with van der Waals surface area (Å²) in [6.45, 7) is 3.46. The smallest absolute Gasteiger partial charge is 0.229 e. The second-order valence-electron chi connectivity index (χ2n) is 8.43. The number of pyridine rings is 1. The van der Waals surface area contributed by atoms with Crippen molar-refractivity contribution >= 4 is 27.3 Å². The number of nitrogens with two attached hydrogens (primary N) is 1. The molecule has 0 spiro atoms. The maximum absolute atomic E-state index is 13.4. The van der Waals surface area contributed by atoms with Gasteiger partial charge in [0.1, 0.15) is 5.82 Å². The largest absolute Gasteiger partial charge is 0.369 e. The van der Waals surface area contributed by atoms with E-state index in [0.29, 0.717) is 30.3 Å². The van der Waals surface area contributed by atoms with E-state index in [1.54, 1.807) is 18.2 Å². The molecule has 4 rings (SSSR count). The Bertz CT molecular complexity index is 1230. The monoisotopic (exact) mass is 459 g/mol. The van der Waals surface area contributed by atoms with Crippen LogP contribution in [0.3, 0.4) is 0 Å². The molecule has 0 unspecified atom stereocenters. The molecule has 32 heavy (non-hydrogen) atoms. The lowest BCUT2D eigenvalue weighted by atomic mass is 9.79. The highest BCUT2D eigenvalue weighted by Crippen LogP contribution is 2.42. The van der Waals surface area contributed by atoms with Gasteiger partial charge in [-0.2, -0.15) is 4.39 Å². The van der Waals surface area contributed by atoms with E-state index < -0.39 is 16.0 Å². The summed E-state index contributed by atoms with van der Waals surface area (Å²) >= 11 is 0. The highest BCUT2D eigenvalue weighted by atomic mass is 32.2. The zero-order valence-electron chi connectivity index (χ0n) is 18.2. The molecule has 0 saturated carbocycles. The maximum Gasteiger partial charge on any atom is 0.229 e. The minimum absolute atomic E-state index is 0.216. The number of piperidine rings is 1. The topological polar surface area (TPSA) is 119 Å². The van der Waals surface area contributed by atoms with Gasteiger partial charge in [0.2, 0.25) is 21.9 Å². The molecular formula is C21H26FN7O2S. The Kier molecular flexibility index (Phi) is 5.53. The van der Waals surface area contributed by atoms with Crippen LogP contribution in [0, 0.1) is 5.95 Å². The molecule has 1 saturated heterocycles. The fourth-order valence-corrected chi connectivity index (χ4v) is 4.81. The molecule has 11 heteroatoms. The summed E-state index contributed by atoms with van der Waals surface area (Å²) in [5.41, 5.74) is 8.36. The third-order valence-corrected chi connectivity index (χ3v) is 6.59. The number of para-hydroxylation sites is 1. The fourth-order valence-electron chi connectivity index (χ4n) is 4.25. The molecule has 1 fully saturated rings. The molecule has 0 bridgehead atoms. The standard InChI is InChI=1S/C21H26FN7O2S/c1-21(19-25-26-20(23)28(19)2)9-11-29(12-10-21)18-15(14-7-8-17(22)24-13-14)5-4-6-16(18)27-32(3,30)31/h4-8,13,27H,9-12H2,1-3H3,(H2,23,26). The number of hydrogen-bond donors (Lipinski definition) is 2. The zero-order valence-corrected chi connectivity index (χ0v) is 19.0. The minimum atomic E-state index is -3.50. The van der Waals surface area contributed by atoms with Crippen LogP contribution in [0.1, 0.15) is 25.6 Å². The highest BCUT2D eigenvalue weighted by Gasteiger charge is 2.37. The van der Waals surface area contributed by atoms with Crippen LogP contribution in [0.15, 0.2) is 36.5 Å². The van der Waals surface area contributed by atoms with E-state index in [-0.39, 0.29) is 5.41 Å². The quantitative estimate of drug-likeness (QED) is 0.563. The normalized spacial score (nSPS) is 16.2. The van der Waals surface area contributed by atoms with Crippen molar-refractivity contribution < 1.29 is 12.8 Å². The molecule has 3 aromatic rings. The van der Waals surface area contributed by atoms with E-state index >= 15 is 0 Å². The van der Waals surface area contributed by atoms with Gasteiger partial charge in [-0.25, -0.2) is 13.4 Å². The van der Waals surface area contributed by atoms with E-state index in [1.165, 1.54) is 12.3 Å². The number of benzene rings is 1. The number of hydrogen-bond acceptors (Lipinski definition) is 7. The van der Waals surface area contributed by atoms with Crippen molar-refractivity contribution in [2.45, 2.75) is 25.2 Å². The van der Waals surface area contributed by atoms with Crippen LogP contribution >= 0.6 is 0 Å². The van der Waals surface area contributed by atoms with E-state index in [1.807, 2.05) is 17.7 Å². The van der Waals surface area contributed by atoms with Gasteiger partial charge in [0.05, 0.1) is 17.6 Å². The molecular weight excluding hydrogens is 433 g/mol. The molecule has 3 heterocycles. The first-order valence-electron chi connectivity index (χ1n) is 10.2. The molecule has 3 N–H and O–H groups in total. The van der Waals surface area contributed by atoms with Crippen molar-refractivity contribution in [3.63, 3.8) is 0 Å². The van der Waals surface area contributed by atoms with Crippen molar-refractivity contribution in [3.8, 4) is 11.1 Å². The number of sulfonamides is 1. The zero-order chi connectivity index (χ0) is 23.1. The SMILES string of the molecule is Cn1c(N)nnc1C1(C)CCN(c2c(NS(C)(=O)=O)cccc2-c2ccc(F)nc2)CC1. The fraction of sp³-hybridized carbons (Fsp3) is 0.381. The second kappa shape index (κ2) is 8.05. The number of anilines is 3. The Labute approximate surface area is 186 Å². The van der Waals surface area contributed by atoms with Crippen molar-refractivity contribution in [3.05, 3.63) is 48.3 Å². The number of aromatic nitrogens is 4. The Morgan fingerprint density at radius 3 is 2.44 bits per heavy atom. The first-order chi connectivity index (χ1) is 15.1. The van der Waals surface area contributed by atoms with Gasteiger partial charge in [-0.1, -0.05) is 19.1 Å². The predicted molar refractivity (Wildman–Crippen MR) is 122 cm³/mol. The first kappa shape index (κ1) is 22.0. The molecule has 0 atom stereocenters. The Hall–Kier alpha value is -3.21. The molecule has 1 aliphatic heterocycles. The van der Waals surface area contributed by atoms with Gasteiger partial charge in [-0.3, -0.25) is 4.72 Å². The summed E-state index contributed by atoms with van der Waals surface area (Å²) in [5.74, 6) is 0.634. The van der Waals surface area contributed by atoms with Crippen LogP contribution in [0.4, 0.5) is 21.7 Å². The van der Waals surface area contributed by atoms with Crippen molar-refractivity contribution in [2.24, 2.45) is 7.05 Å². The number of nitrogens with zero attached hydrogens (tertiary/aromatic N) is 5. The van der Waals surface area contributed by atoms with Crippen LogP contribution < -0.4 is 15.4 Å². The van der Waals surface area contributed by atoms with Crippen molar-refractivity contribution in [1.29, 1.82) is 0 Å². The summed E-state index contributed by atoms with van der Waals surface area (Å²) in [6, 6.07) is 8.32. The predicted octanol–water partition coefficient (Wildman–Crippen LogP) is 2.53. The van der Waals surface area contributed by atoms with Crippen LogP contribution in [0.5, 0.6) is 0 Å². The lowest BCUT2D eigenvalue weighted by molar-refractivity contribution is 0.335. The molecule has 1 aromatic carbocycles. The summed E-state index contributed by atoms with van der Waals surface area (Å²) in [4.78, 5) is 5.91. The lowest BCUT2D eigenvalue weighted by Gasteiger charge is -2.41. The molecule has 0 aliphatic carbocycles. The second-order valence-corrected chi connectivity index (χ2v) is 10.2. The summed E-state index contributed by atoms with van der Waals surface area (Å²) in [5, 5.41) is 8.27. The Morgan fingerprint density at radius 1 is 1.16 bits per heavy atom. The minimum Gasteiger partial charge on any atom is -0.369 e. The molecule has 9 nitrogen and oxygen atoms in total. The molecule has 170 valence electrons. The summed E-state index contributed by atoms with van der Waals surface area (Å²) < 4.78 is 41.9. The van der Waals surface area contributed by atoms with Gasteiger partial charge in [-0.05, 0) is 31.0 Å². The number of nitrogen functional groups attached to an aromatic ring is 1. The molecule has 1 aliphatic rings. The van der Waals surface area contributed by atoms with Crippen LogP contribution in [0.2, 0.25) is 0 Å². The Morgan fingerprint density at radius 2 is 1.88 bits per heavy atom. The number of rotatable bonds is 5. The van der Waals surface area contributed by atoms with E-state index in [9.17, 15) is 12.8 Å². The van der Waals surface area contributed by atoms with Gasteiger partial charge in [0, 0.05) is 42.9 Å². The van der Waals surface area contributed by atoms with E-state index in [2.05, 4.69) is 31.7 Å². The van der Waals surface area contributed by atoms with Gasteiger partial charge >= 0.3 is 0 Å². The molecule has 2 aromatic heterocycles. The third kappa shape index (κ3) is 4.24. The average Bonchev–Trinajstić information content (AvgIpc) is 3.07. The van der Waals surface area contributed by atoms with Gasteiger partial charge in [-0.15, -0.1) is 10.2 Å². The van der Waals surface area contributed by atoms with Gasteiger partial charge in [0.25, 0.3) is 0 Å². The maximum atomic E-state index is 13.4. The highest BCUT2D eigenvalue weighted by molar-refractivity contribution is 7.92. The van der Waals surface area contributed by atoms with Crippen molar-refractivity contribution in [1.82, 2.24) is 19.7 Å². The van der Waals surface area contributed by atoms with Crippen LogP contribution in [-0.4, -0.2) is 47.5 Å². The third-order valence-electron chi connectivity index (χ3n) is 6.00. The average molecular weight is 460 g/mol. The molecule has 0 radical (unpaired) electrons. The van der Waals surface area contributed by atoms with Crippen molar-refractivity contribution in [2.75, 3.05) is 34.7 Å². The number of nitrogens with one attached hydrogen (secondary N) is 1. The van der Waals surface area contributed by atoms with Gasteiger partial charge in [0.15, 0.2) is 0 Å². The summed E-state index contributed by atoms with van der Waals surface area (Å²) in [6.07, 6.45) is 4.12. The summed E-state index contributed by atoms with van der Waals surface area (Å²) in [7, 11) is -1.65. The van der Waals surface area contributed by atoms with E-state index in [4.69, 9.17) is 5.73 Å². The van der Waals surface area contributed by atoms with Crippen LogP contribution in [-0.2, 0) is 22.5 Å². The first-order valence-corrected chi connectivity index (χ1v) is 12.1. The van der Waals surface area contributed by atoms with Gasteiger partial charge < -0.3 is 15.2 Å². The number of halogens is 1.